The summed E-state index contributed by atoms with van der Waals surface area (Å²) in [6.45, 7) is 5.20. The fourth-order valence-electron chi connectivity index (χ4n) is 2.28. The first-order chi connectivity index (χ1) is 12.8. The first kappa shape index (κ1) is 23.2. The standard InChI is InChI=1S/C18H28N2O6S/c1-4-20(2,3)9-6-10-24-11-12-25-16-8-5-7-15(18(16)19(22)23)13-26-17(21)14-27/h5,7-8H,4,6,9-14H2,1-3H3/p+1. The van der Waals surface area contributed by atoms with E-state index in [1.807, 2.05) is 0 Å². The molecule has 0 bridgehead atoms. The number of rotatable bonds is 13. The maximum absolute atomic E-state index is 11.4. The Morgan fingerprint density at radius 1 is 1.26 bits per heavy atom. The highest BCUT2D eigenvalue weighted by Crippen LogP contribution is 2.31. The molecule has 27 heavy (non-hydrogen) atoms. The number of thiol groups is 1. The largest absolute Gasteiger partial charge is 0.484 e. The third kappa shape index (κ3) is 8.59. The highest BCUT2D eigenvalue weighted by molar-refractivity contribution is 7.81. The highest BCUT2D eigenvalue weighted by atomic mass is 32.1. The van der Waals surface area contributed by atoms with Crippen LogP contribution in [0.1, 0.15) is 18.9 Å². The number of benzene rings is 1. The van der Waals surface area contributed by atoms with E-state index in [1.54, 1.807) is 6.07 Å². The Morgan fingerprint density at radius 3 is 2.63 bits per heavy atom. The van der Waals surface area contributed by atoms with Crippen LogP contribution in [-0.2, 0) is 20.9 Å². The molecule has 0 atom stereocenters. The Balaban J connectivity index is 2.50. The molecule has 1 aromatic carbocycles. The summed E-state index contributed by atoms with van der Waals surface area (Å²) in [5.74, 6) is -0.501. The number of nitro benzene ring substituents is 1. The minimum Gasteiger partial charge on any atom is -0.484 e. The number of esters is 1. The molecule has 0 amide bonds. The minimum absolute atomic E-state index is 0.0877. The minimum atomic E-state index is -0.544. The summed E-state index contributed by atoms with van der Waals surface area (Å²) in [4.78, 5) is 22.1. The molecular weight excluding hydrogens is 372 g/mol. The normalized spacial score (nSPS) is 11.3. The zero-order chi connectivity index (χ0) is 20.3. The van der Waals surface area contributed by atoms with Crippen molar-refractivity contribution in [2.24, 2.45) is 0 Å². The Hall–Kier alpha value is -1.84. The number of hydrogen-bond donors (Lipinski definition) is 1. The van der Waals surface area contributed by atoms with Crippen LogP contribution in [0.4, 0.5) is 5.69 Å². The van der Waals surface area contributed by atoms with E-state index in [-0.39, 0.29) is 36.0 Å². The first-order valence-corrected chi connectivity index (χ1v) is 9.49. The molecule has 0 aromatic heterocycles. The number of nitrogens with zero attached hydrogens (tertiary/aromatic N) is 2. The van der Waals surface area contributed by atoms with Gasteiger partial charge >= 0.3 is 11.7 Å². The monoisotopic (exact) mass is 401 g/mol. The second-order valence-corrected chi connectivity index (χ2v) is 6.95. The van der Waals surface area contributed by atoms with Crippen LogP contribution in [0.15, 0.2) is 18.2 Å². The van der Waals surface area contributed by atoms with Crippen LogP contribution < -0.4 is 4.74 Å². The van der Waals surface area contributed by atoms with Gasteiger partial charge in [0.25, 0.3) is 0 Å². The summed E-state index contributed by atoms with van der Waals surface area (Å²) in [6, 6.07) is 4.67. The van der Waals surface area contributed by atoms with E-state index in [9.17, 15) is 14.9 Å². The van der Waals surface area contributed by atoms with Crippen molar-refractivity contribution in [3.63, 3.8) is 0 Å². The quantitative estimate of drug-likeness (QED) is 0.136. The van der Waals surface area contributed by atoms with Crippen molar-refractivity contribution in [1.82, 2.24) is 0 Å². The summed E-state index contributed by atoms with van der Waals surface area (Å²) in [6.07, 6.45) is 0.937. The Bertz CT molecular complexity index is 624. The molecule has 1 rings (SSSR count). The number of carbonyl (C=O) groups excluding carboxylic acids is 1. The smallest absolute Gasteiger partial charge is 0.317 e. The predicted octanol–water partition coefficient (Wildman–Crippen LogP) is 2.45. The molecule has 0 aliphatic rings. The molecule has 0 saturated carbocycles. The lowest BCUT2D eigenvalue weighted by molar-refractivity contribution is -0.888. The van der Waals surface area contributed by atoms with E-state index >= 15 is 0 Å². The van der Waals surface area contributed by atoms with Crippen molar-refractivity contribution >= 4 is 24.3 Å². The van der Waals surface area contributed by atoms with Crippen LogP contribution in [0.25, 0.3) is 0 Å². The van der Waals surface area contributed by atoms with Crippen molar-refractivity contribution in [2.75, 3.05) is 52.8 Å². The summed E-state index contributed by atoms with van der Waals surface area (Å²) in [5, 5.41) is 11.4. The van der Waals surface area contributed by atoms with Crippen LogP contribution in [0.5, 0.6) is 5.75 Å². The zero-order valence-electron chi connectivity index (χ0n) is 16.2. The Labute approximate surface area is 165 Å². The molecule has 0 saturated heterocycles. The molecule has 0 unspecified atom stereocenters. The molecule has 0 radical (unpaired) electrons. The number of nitro groups is 1. The molecule has 0 aliphatic carbocycles. The predicted molar refractivity (Wildman–Crippen MR) is 105 cm³/mol. The molecule has 0 heterocycles. The van der Waals surface area contributed by atoms with E-state index in [0.717, 1.165) is 24.0 Å². The van der Waals surface area contributed by atoms with E-state index < -0.39 is 10.9 Å². The molecule has 152 valence electrons. The average molecular weight is 402 g/mol. The van der Waals surface area contributed by atoms with Crippen molar-refractivity contribution in [2.45, 2.75) is 20.0 Å². The lowest BCUT2D eigenvalue weighted by Gasteiger charge is -2.27. The SMILES string of the molecule is CC[N+](C)(C)CCCOCCOc1cccc(COC(=O)CS)c1[N+](=O)[O-]. The molecule has 1 aromatic rings. The van der Waals surface area contributed by atoms with Gasteiger partial charge in [-0.05, 0) is 19.1 Å². The van der Waals surface area contributed by atoms with Gasteiger partial charge in [0.15, 0.2) is 5.75 Å². The van der Waals surface area contributed by atoms with Crippen LogP contribution in [0.2, 0.25) is 0 Å². The van der Waals surface area contributed by atoms with Gasteiger partial charge in [-0.3, -0.25) is 14.9 Å². The topological polar surface area (TPSA) is 87.9 Å². The van der Waals surface area contributed by atoms with Crippen LogP contribution in [-0.4, -0.2) is 68.1 Å². The van der Waals surface area contributed by atoms with Crippen molar-refractivity contribution < 1.29 is 28.4 Å². The third-order valence-corrected chi connectivity index (χ3v) is 4.43. The van der Waals surface area contributed by atoms with Gasteiger partial charge in [0.05, 0.1) is 56.6 Å². The van der Waals surface area contributed by atoms with Crippen molar-refractivity contribution in [3.05, 3.63) is 33.9 Å². The molecular formula is C18H29N2O6S+. The molecule has 0 N–H and O–H groups in total. The van der Waals surface area contributed by atoms with Gasteiger partial charge in [-0.25, -0.2) is 0 Å². The highest BCUT2D eigenvalue weighted by Gasteiger charge is 2.21. The van der Waals surface area contributed by atoms with Gasteiger partial charge in [-0.2, -0.15) is 12.6 Å². The van der Waals surface area contributed by atoms with Gasteiger partial charge in [-0.15, -0.1) is 0 Å². The van der Waals surface area contributed by atoms with E-state index in [2.05, 4.69) is 33.6 Å². The second-order valence-electron chi connectivity index (χ2n) is 6.63. The van der Waals surface area contributed by atoms with E-state index in [4.69, 9.17) is 14.2 Å². The number of ether oxygens (including phenoxy) is 3. The van der Waals surface area contributed by atoms with Crippen LogP contribution in [0, 0.1) is 10.1 Å². The number of para-hydroxylation sites is 1. The molecule has 0 aliphatic heterocycles. The third-order valence-electron chi connectivity index (χ3n) is 4.18. The summed E-state index contributed by atoms with van der Waals surface area (Å²) < 4.78 is 16.9. The fourth-order valence-corrected chi connectivity index (χ4v) is 2.37. The number of carbonyl (C=O) groups is 1. The van der Waals surface area contributed by atoms with Gasteiger partial charge in [0.1, 0.15) is 13.2 Å². The van der Waals surface area contributed by atoms with Gasteiger partial charge in [-0.1, -0.05) is 6.07 Å². The Kier molecular flexibility index (Phi) is 10.1. The second kappa shape index (κ2) is 11.8. The maximum atomic E-state index is 11.4. The van der Waals surface area contributed by atoms with Gasteiger partial charge in [0, 0.05) is 6.42 Å². The number of quaternary nitrogens is 1. The van der Waals surface area contributed by atoms with Crippen molar-refractivity contribution in [3.8, 4) is 5.75 Å². The average Bonchev–Trinajstić information content (AvgIpc) is 2.64. The van der Waals surface area contributed by atoms with Gasteiger partial charge in [0.2, 0.25) is 0 Å². The fraction of sp³-hybridized carbons (Fsp3) is 0.611. The van der Waals surface area contributed by atoms with Crippen LogP contribution in [0.3, 0.4) is 0 Å². The van der Waals surface area contributed by atoms with Crippen molar-refractivity contribution in [1.29, 1.82) is 0 Å². The first-order valence-electron chi connectivity index (χ1n) is 8.86. The molecule has 0 fully saturated rings. The summed E-state index contributed by atoms with van der Waals surface area (Å²) >= 11 is 3.80. The molecule has 8 nitrogen and oxygen atoms in total. The molecule has 9 heteroatoms. The summed E-state index contributed by atoms with van der Waals surface area (Å²) in [5.41, 5.74) is 0.0691. The number of hydrogen-bond acceptors (Lipinski definition) is 7. The van der Waals surface area contributed by atoms with E-state index in [1.165, 1.54) is 12.1 Å². The Morgan fingerprint density at radius 2 is 2.00 bits per heavy atom. The molecule has 0 spiro atoms. The summed E-state index contributed by atoms with van der Waals surface area (Å²) in [7, 11) is 4.34. The lowest BCUT2D eigenvalue weighted by Crippen LogP contribution is -2.40. The lowest BCUT2D eigenvalue weighted by atomic mass is 10.2. The zero-order valence-corrected chi connectivity index (χ0v) is 17.1. The van der Waals surface area contributed by atoms with Gasteiger partial charge < -0.3 is 18.7 Å². The maximum Gasteiger partial charge on any atom is 0.317 e. The van der Waals surface area contributed by atoms with Crippen LogP contribution >= 0.6 is 12.6 Å². The van der Waals surface area contributed by atoms with E-state index in [0.29, 0.717) is 13.2 Å².